The largest absolute Gasteiger partial charge is 0.497 e. The summed E-state index contributed by atoms with van der Waals surface area (Å²) in [6.45, 7) is 1.59. The first-order valence-corrected chi connectivity index (χ1v) is 10.8. The average molecular weight is 418 g/mol. The molecule has 0 bridgehead atoms. The molecule has 1 atom stereocenters. The van der Waals surface area contributed by atoms with Gasteiger partial charge in [0.05, 0.1) is 18.9 Å². The molecule has 4 heteroatoms. The number of hydrogen-bond donors (Lipinski definition) is 0. The van der Waals surface area contributed by atoms with E-state index < -0.39 is 0 Å². The Morgan fingerprint density at radius 3 is 2.22 bits per heavy atom. The Balaban J connectivity index is 1.51. The first kappa shape index (κ1) is 18.8. The second-order valence-electron chi connectivity index (χ2n) is 8.37. The SMILES string of the molecule is COc1ccc(C2=NN(C(C)=O)[C@@H](c3ccc4ccc5cccc6ccc3c4c56)C2)cc1. The van der Waals surface area contributed by atoms with Crippen molar-refractivity contribution in [3.8, 4) is 5.75 Å². The lowest BCUT2D eigenvalue weighted by Gasteiger charge is -2.23. The molecule has 0 radical (unpaired) electrons. The van der Waals surface area contributed by atoms with Gasteiger partial charge < -0.3 is 4.74 Å². The minimum absolute atomic E-state index is 0.0517. The van der Waals surface area contributed by atoms with Gasteiger partial charge in [-0.05, 0) is 67.7 Å². The van der Waals surface area contributed by atoms with Crippen LogP contribution in [-0.4, -0.2) is 23.7 Å². The van der Waals surface area contributed by atoms with Gasteiger partial charge in [0.15, 0.2) is 0 Å². The Morgan fingerprint density at radius 2 is 1.53 bits per heavy atom. The minimum Gasteiger partial charge on any atom is -0.497 e. The van der Waals surface area contributed by atoms with Crippen LogP contribution in [0.2, 0.25) is 0 Å². The number of ether oxygens (including phenoxy) is 1. The van der Waals surface area contributed by atoms with Crippen molar-refractivity contribution in [1.82, 2.24) is 5.01 Å². The zero-order valence-corrected chi connectivity index (χ0v) is 18.0. The second kappa shape index (κ2) is 7.06. The number of hydrazone groups is 1. The Labute approximate surface area is 186 Å². The smallest absolute Gasteiger partial charge is 0.240 e. The van der Waals surface area contributed by atoms with Crippen molar-refractivity contribution in [3.05, 3.63) is 90.0 Å². The van der Waals surface area contributed by atoms with Gasteiger partial charge in [0.25, 0.3) is 0 Å². The fraction of sp³-hybridized carbons (Fsp3) is 0.143. The van der Waals surface area contributed by atoms with Crippen molar-refractivity contribution in [1.29, 1.82) is 0 Å². The summed E-state index contributed by atoms with van der Waals surface area (Å²) in [4.78, 5) is 12.6. The van der Waals surface area contributed by atoms with Crippen LogP contribution in [0.5, 0.6) is 5.75 Å². The maximum atomic E-state index is 12.6. The van der Waals surface area contributed by atoms with Gasteiger partial charge in [-0.2, -0.15) is 5.10 Å². The summed E-state index contributed by atoms with van der Waals surface area (Å²) in [5.41, 5.74) is 3.06. The average Bonchev–Trinajstić information content (AvgIpc) is 3.28. The van der Waals surface area contributed by atoms with Crippen molar-refractivity contribution in [2.75, 3.05) is 7.11 Å². The number of nitrogens with zero attached hydrogens (tertiary/aromatic N) is 2. The van der Waals surface area contributed by atoms with Gasteiger partial charge >= 0.3 is 0 Å². The summed E-state index contributed by atoms with van der Waals surface area (Å²) in [5, 5.41) is 13.8. The fourth-order valence-electron chi connectivity index (χ4n) is 5.05. The van der Waals surface area contributed by atoms with Crippen molar-refractivity contribution < 1.29 is 9.53 Å². The number of carbonyl (C=O) groups excluding carboxylic acids is 1. The number of rotatable bonds is 3. The molecule has 32 heavy (non-hydrogen) atoms. The van der Waals surface area contributed by atoms with Gasteiger partial charge in [-0.3, -0.25) is 4.79 Å². The van der Waals surface area contributed by atoms with Crippen LogP contribution in [0.4, 0.5) is 0 Å². The molecule has 4 nitrogen and oxygen atoms in total. The van der Waals surface area contributed by atoms with E-state index in [1.165, 1.54) is 32.3 Å². The molecule has 0 spiro atoms. The zero-order chi connectivity index (χ0) is 21.8. The van der Waals surface area contributed by atoms with Crippen LogP contribution in [0.25, 0.3) is 32.3 Å². The summed E-state index contributed by atoms with van der Waals surface area (Å²) < 4.78 is 5.28. The molecule has 1 aliphatic rings. The monoisotopic (exact) mass is 418 g/mol. The van der Waals surface area contributed by atoms with Gasteiger partial charge in [0.2, 0.25) is 5.91 Å². The molecule has 0 aliphatic carbocycles. The summed E-state index contributed by atoms with van der Waals surface area (Å²) in [7, 11) is 1.66. The Hall–Kier alpha value is -3.92. The number of hydrogen-bond acceptors (Lipinski definition) is 3. The van der Waals surface area contributed by atoms with E-state index in [9.17, 15) is 4.79 Å². The molecule has 5 aromatic rings. The quantitative estimate of drug-likeness (QED) is 0.323. The predicted octanol–water partition coefficient (Wildman–Crippen LogP) is 6.29. The van der Waals surface area contributed by atoms with Gasteiger partial charge in [-0.25, -0.2) is 5.01 Å². The van der Waals surface area contributed by atoms with Crippen molar-refractivity contribution in [3.63, 3.8) is 0 Å². The first-order valence-electron chi connectivity index (χ1n) is 10.8. The van der Waals surface area contributed by atoms with Crippen LogP contribution >= 0.6 is 0 Å². The molecule has 1 amide bonds. The van der Waals surface area contributed by atoms with Gasteiger partial charge in [0.1, 0.15) is 5.75 Å². The lowest BCUT2D eigenvalue weighted by molar-refractivity contribution is -0.130. The van der Waals surface area contributed by atoms with E-state index >= 15 is 0 Å². The molecule has 156 valence electrons. The van der Waals surface area contributed by atoms with E-state index in [1.54, 1.807) is 19.0 Å². The van der Waals surface area contributed by atoms with Gasteiger partial charge in [-0.1, -0.05) is 54.6 Å². The van der Waals surface area contributed by atoms with Crippen LogP contribution in [0.3, 0.4) is 0 Å². The molecular formula is C28H22N2O2. The van der Waals surface area contributed by atoms with Crippen LogP contribution in [0.15, 0.2) is 84.0 Å². The molecule has 1 heterocycles. The van der Waals surface area contributed by atoms with E-state index in [2.05, 4.69) is 54.6 Å². The molecule has 0 fully saturated rings. The highest BCUT2D eigenvalue weighted by atomic mass is 16.5. The molecule has 0 saturated carbocycles. The Kier molecular flexibility index (Phi) is 4.15. The lowest BCUT2D eigenvalue weighted by atomic mass is 9.88. The van der Waals surface area contributed by atoms with Crippen molar-refractivity contribution in [2.45, 2.75) is 19.4 Å². The summed E-state index contributed by atoms with van der Waals surface area (Å²) in [6.07, 6.45) is 0.676. The number of benzene rings is 5. The third-order valence-electron chi connectivity index (χ3n) is 6.58. The second-order valence-corrected chi connectivity index (χ2v) is 8.37. The standard InChI is InChI=1S/C28H22N2O2/c1-17(31)30-26(16-25(29-30)18-8-12-22(32-2)13-9-18)23-14-10-21-7-6-19-4-3-5-20-11-15-24(23)28(21)27(19)20/h3-15,26H,16H2,1-2H3/t26-/m1/s1. The van der Waals surface area contributed by atoms with E-state index in [-0.39, 0.29) is 11.9 Å². The van der Waals surface area contributed by atoms with Crippen LogP contribution in [-0.2, 0) is 4.79 Å². The molecule has 1 aliphatic heterocycles. The Bertz CT molecular complexity index is 1500. The highest BCUT2D eigenvalue weighted by Crippen LogP contribution is 2.41. The Morgan fingerprint density at radius 1 is 0.875 bits per heavy atom. The minimum atomic E-state index is -0.130. The molecular weight excluding hydrogens is 396 g/mol. The van der Waals surface area contributed by atoms with Gasteiger partial charge in [0, 0.05) is 13.3 Å². The highest BCUT2D eigenvalue weighted by molar-refractivity contribution is 6.23. The molecule has 0 aromatic heterocycles. The molecule has 0 saturated heterocycles. The fourth-order valence-corrected chi connectivity index (χ4v) is 5.05. The van der Waals surface area contributed by atoms with E-state index in [1.807, 2.05) is 24.3 Å². The van der Waals surface area contributed by atoms with Crippen molar-refractivity contribution in [2.24, 2.45) is 5.10 Å². The summed E-state index contributed by atoms with van der Waals surface area (Å²) >= 11 is 0. The number of methoxy groups -OCH3 is 1. The molecule has 5 aromatic carbocycles. The van der Waals surface area contributed by atoms with E-state index in [0.29, 0.717) is 6.42 Å². The van der Waals surface area contributed by atoms with E-state index in [0.717, 1.165) is 22.6 Å². The van der Waals surface area contributed by atoms with Crippen LogP contribution in [0.1, 0.15) is 30.5 Å². The maximum absolute atomic E-state index is 12.6. The summed E-state index contributed by atoms with van der Waals surface area (Å²) in [6, 6.07) is 27.3. The summed E-state index contributed by atoms with van der Waals surface area (Å²) in [5.74, 6) is 0.753. The third kappa shape index (κ3) is 2.76. The van der Waals surface area contributed by atoms with Crippen LogP contribution in [0, 0.1) is 0 Å². The van der Waals surface area contributed by atoms with E-state index in [4.69, 9.17) is 9.84 Å². The molecule has 0 N–H and O–H groups in total. The van der Waals surface area contributed by atoms with Gasteiger partial charge in [-0.15, -0.1) is 0 Å². The topological polar surface area (TPSA) is 41.9 Å². The predicted molar refractivity (Wildman–Crippen MR) is 130 cm³/mol. The number of carbonyl (C=O) groups is 1. The maximum Gasteiger partial charge on any atom is 0.240 e. The normalized spacial score (nSPS) is 16.2. The molecule has 0 unspecified atom stereocenters. The van der Waals surface area contributed by atoms with Crippen LogP contribution < -0.4 is 4.74 Å². The third-order valence-corrected chi connectivity index (χ3v) is 6.58. The zero-order valence-electron chi connectivity index (χ0n) is 18.0. The lowest BCUT2D eigenvalue weighted by Crippen LogP contribution is -2.24. The highest BCUT2D eigenvalue weighted by Gasteiger charge is 2.32. The molecule has 6 rings (SSSR count). The first-order chi connectivity index (χ1) is 15.6. The van der Waals surface area contributed by atoms with Crippen molar-refractivity contribution >= 4 is 43.9 Å². The number of amides is 1.